The summed E-state index contributed by atoms with van der Waals surface area (Å²) in [4.78, 5) is 1.27. The zero-order valence-corrected chi connectivity index (χ0v) is 11.0. The highest BCUT2D eigenvalue weighted by Crippen LogP contribution is 2.19. The van der Waals surface area contributed by atoms with Crippen molar-refractivity contribution in [3.05, 3.63) is 57.0 Å². The summed E-state index contributed by atoms with van der Waals surface area (Å²) in [6.45, 7) is 2.70. The molecule has 0 fully saturated rings. The summed E-state index contributed by atoms with van der Waals surface area (Å²) in [5.74, 6) is -0.293. The van der Waals surface area contributed by atoms with Crippen LogP contribution < -0.4 is 5.32 Å². The molecule has 2 rings (SSSR count). The van der Waals surface area contributed by atoms with Crippen LogP contribution in [0.25, 0.3) is 0 Å². The fourth-order valence-corrected chi connectivity index (χ4v) is 2.63. The first-order valence-electron chi connectivity index (χ1n) is 5.37. The molecular formula is C13H13ClFNS. The van der Waals surface area contributed by atoms with Gasteiger partial charge in [-0.1, -0.05) is 17.7 Å². The van der Waals surface area contributed by atoms with E-state index in [1.807, 2.05) is 11.4 Å². The van der Waals surface area contributed by atoms with Gasteiger partial charge in [-0.3, -0.25) is 0 Å². The standard InChI is InChI=1S/C13H13ClFNS/c1-9(13-3-2-4-17-13)16-8-10-5-11(14)7-12(15)6-10/h2-7,9,16H,8H2,1H3/t9-/m1/s1. The van der Waals surface area contributed by atoms with Crippen LogP contribution in [0.5, 0.6) is 0 Å². The van der Waals surface area contributed by atoms with Crippen molar-refractivity contribution in [1.29, 1.82) is 0 Å². The van der Waals surface area contributed by atoms with Crippen LogP contribution in [0.1, 0.15) is 23.4 Å². The van der Waals surface area contributed by atoms with Gasteiger partial charge < -0.3 is 5.32 Å². The molecule has 0 unspecified atom stereocenters. The predicted octanol–water partition coefficient (Wildman–Crippen LogP) is 4.39. The largest absolute Gasteiger partial charge is 0.305 e. The first kappa shape index (κ1) is 12.6. The van der Waals surface area contributed by atoms with Gasteiger partial charge >= 0.3 is 0 Å². The van der Waals surface area contributed by atoms with Crippen LogP contribution in [-0.4, -0.2) is 0 Å². The van der Waals surface area contributed by atoms with Gasteiger partial charge in [0, 0.05) is 22.5 Å². The van der Waals surface area contributed by atoms with E-state index in [2.05, 4.69) is 18.3 Å². The summed E-state index contributed by atoms with van der Waals surface area (Å²) >= 11 is 7.51. The normalized spacial score (nSPS) is 12.6. The van der Waals surface area contributed by atoms with Crippen molar-refractivity contribution in [3.63, 3.8) is 0 Å². The van der Waals surface area contributed by atoms with Crippen LogP contribution in [0.4, 0.5) is 4.39 Å². The molecule has 2 aromatic rings. The maximum absolute atomic E-state index is 13.1. The Hall–Kier alpha value is -0.900. The average molecular weight is 270 g/mol. The second kappa shape index (κ2) is 5.63. The van der Waals surface area contributed by atoms with Crippen molar-refractivity contribution < 1.29 is 4.39 Å². The van der Waals surface area contributed by atoms with Gasteiger partial charge in [-0.2, -0.15) is 0 Å². The first-order chi connectivity index (χ1) is 8.15. The number of hydrogen-bond acceptors (Lipinski definition) is 2. The first-order valence-corrected chi connectivity index (χ1v) is 6.62. The van der Waals surface area contributed by atoms with E-state index in [4.69, 9.17) is 11.6 Å². The summed E-state index contributed by atoms with van der Waals surface area (Å²) in [5, 5.41) is 5.82. The minimum Gasteiger partial charge on any atom is -0.305 e. The van der Waals surface area contributed by atoms with Crippen LogP contribution >= 0.6 is 22.9 Å². The molecule has 1 aromatic heterocycles. The zero-order chi connectivity index (χ0) is 12.3. The summed E-state index contributed by atoms with van der Waals surface area (Å²) in [7, 11) is 0. The molecule has 1 aromatic carbocycles. The van der Waals surface area contributed by atoms with Crippen molar-refractivity contribution >= 4 is 22.9 Å². The smallest absolute Gasteiger partial charge is 0.125 e. The van der Waals surface area contributed by atoms with Gasteiger partial charge in [-0.05, 0) is 42.1 Å². The second-order valence-electron chi connectivity index (χ2n) is 3.90. The van der Waals surface area contributed by atoms with E-state index in [1.54, 1.807) is 17.4 Å². The van der Waals surface area contributed by atoms with E-state index in [-0.39, 0.29) is 11.9 Å². The maximum Gasteiger partial charge on any atom is 0.125 e. The van der Waals surface area contributed by atoms with Crippen molar-refractivity contribution in [2.24, 2.45) is 0 Å². The molecule has 0 saturated carbocycles. The van der Waals surface area contributed by atoms with Gasteiger partial charge in [0.2, 0.25) is 0 Å². The van der Waals surface area contributed by atoms with E-state index in [1.165, 1.54) is 17.0 Å². The highest BCUT2D eigenvalue weighted by atomic mass is 35.5. The Balaban J connectivity index is 1.98. The van der Waals surface area contributed by atoms with Crippen LogP contribution in [0.15, 0.2) is 35.7 Å². The van der Waals surface area contributed by atoms with Crippen molar-refractivity contribution in [2.45, 2.75) is 19.5 Å². The van der Waals surface area contributed by atoms with Gasteiger partial charge in [0.25, 0.3) is 0 Å². The summed E-state index contributed by atoms with van der Waals surface area (Å²) < 4.78 is 13.1. The Morgan fingerprint density at radius 3 is 2.88 bits per heavy atom. The lowest BCUT2D eigenvalue weighted by atomic mass is 10.2. The Bertz CT molecular complexity index is 464. The summed E-state index contributed by atoms with van der Waals surface area (Å²) in [6, 6.07) is 8.96. The molecule has 17 heavy (non-hydrogen) atoms. The lowest BCUT2D eigenvalue weighted by Crippen LogP contribution is -2.17. The fourth-order valence-electron chi connectivity index (χ4n) is 1.62. The Kier molecular flexibility index (Phi) is 4.15. The predicted molar refractivity (Wildman–Crippen MR) is 71.0 cm³/mol. The zero-order valence-electron chi connectivity index (χ0n) is 9.41. The molecule has 1 atom stereocenters. The van der Waals surface area contributed by atoms with Gasteiger partial charge in [0.15, 0.2) is 0 Å². The third kappa shape index (κ3) is 3.53. The van der Waals surface area contributed by atoms with Gasteiger partial charge in [-0.25, -0.2) is 4.39 Å². The van der Waals surface area contributed by atoms with E-state index in [9.17, 15) is 4.39 Å². The van der Waals surface area contributed by atoms with E-state index in [0.29, 0.717) is 11.6 Å². The number of benzene rings is 1. The molecule has 0 aliphatic heterocycles. The molecule has 0 spiro atoms. The van der Waals surface area contributed by atoms with Crippen molar-refractivity contribution in [1.82, 2.24) is 5.32 Å². The van der Waals surface area contributed by atoms with Crippen molar-refractivity contribution in [2.75, 3.05) is 0 Å². The minimum atomic E-state index is -0.293. The van der Waals surface area contributed by atoms with Gasteiger partial charge in [0.05, 0.1) is 0 Å². The third-order valence-electron chi connectivity index (χ3n) is 2.50. The Labute approximate surface area is 109 Å². The molecule has 0 radical (unpaired) electrons. The number of thiophene rings is 1. The quantitative estimate of drug-likeness (QED) is 0.868. The minimum absolute atomic E-state index is 0.261. The van der Waals surface area contributed by atoms with Crippen LogP contribution in [0.2, 0.25) is 5.02 Å². The number of rotatable bonds is 4. The highest BCUT2D eigenvalue weighted by molar-refractivity contribution is 7.10. The van der Waals surface area contributed by atoms with Crippen LogP contribution in [0.3, 0.4) is 0 Å². The monoisotopic (exact) mass is 269 g/mol. The number of halogens is 2. The van der Waals surface area contributed by atoms with Gasteiger partial charge in [0.1, 0.15) is 5.82 Å². The Morgan fingerprint density at radius 1 is 1.41 bits per heavy atom. The van der Waals surface area contributed by atoms with Crippen molar-refractivity contribution in [3.8, 4) is 0 Å². The molecule has 90 valence electrons. The summed E-state index contributed by atoms with van der Waals surface area (Å²) in [5.41, 5.74) is 0.860. The Morgan fingerprint density at radius 2 is 2.24 bits per heavy atom. The second-order valence-corrected chi connectivity index (χ2v) is 5.31. The number of nitrogens with one attached hydrogen (secondary N) is 1. The SMILES string of the molecule is C[C@@H](NCc1cc(F)cc(Cl)c1)c1cccs1. The molecule has 1 nitrogen and oxygen atoms in total. The van der Waals surface area contributed by atoms with Crippen LogP contribution in [-0.2, 0) is 6.54 Å². The summed E-state index contributed by atoms with van der Waals surface area (Å²) in [6.07, 6.45) is 0. The van der Waals surface area contributed by atoms with Crippen LogP contribution in [0, 0.1) is 5.82 Å². The van der Waals surface area contributed by atoms with E-state index in [0.717, 1.165) is 5.56 Å². The number of hydrogen-bond donors (Lipinski definition) is 1. The molecule has 1 heterocycles. The molecule has 0 bridgehead atoms. The third-order valence-corrected chi connectivity index (χ3v) is 3.78. The fraction of sp³-hybridized carbons (Fsp3) is 0.231. The lowest BCUT2D eigenvalue weighted by molar-refractivity contribution is 0.576. The van der Waals surface area contributed by atoms with E-state index >= 15 is 0 Å². The molecule has 4 heteroatoms. The molecule has 1 N–H and O–H groups in total. The van der Waals surface area contributed by atoms with E-state index < -0.39 is 0 Å². The molecule has 0 amide bonds. The molecular weight excluding hydrogens is 257 g/mol. The average Bonchev–Trinajstić information content (AvgIpc) is 2.78. The topological polar surface area (TPSA) is 12.0 Å². The highest BCUT2D eigenvalue weighted by Gasteiger charge is 2.06. The molecule has 0 aliphatic carbocycles. The molecule has 0 aliphatic rings. The van der Waals surface area contributed by atoms with Gasteiger partial charge in [-0.15, -0.1) is 11.3 Å². The lowest BCUT2D eigenvalue weighted by Gasteiger charge is -2.12. The molecule has 0 saturated heterocycles. The maximum atomic E-state index is 13.1.